The molecule has 1 atom stereocenters. The van der Waals surface area contributed by atoms with Crippen molar-refractivity contribution in [3.63, 3.8) is 0 Å². The number of rotatable bonds is 6. The highest BCUT2D eigenvalue weighted by Gasteiger charge is 2.24. The molecule has 6 heteroatoms. The molecule has 1 fully saturated rings. The minimum Gasteiger partial charge on any atom is -0.366 e. The predicted molar refractivity (Wildman–Crippen MR) is 111 cm³/mol. The van der Waals surface area contributed by atoms with Gasteiger partial charge < -0.3 is 16.0 Å². The summed E-state index contributed by atoms with van der Waals surface area (Å²) in [5.74, 6) is -0.467. The third-order valence-electron chi connectivity index (χ3n) is 5.42. The van der Waals surface area contributed by atoms with E-state index in [1.165, 1.54) is 11.9 Å². The number of piperidine rings is 1. The Morgan fingerprint density at radius 1 is 1.21 bits per heavy atom. The van der Waals surface area contributed by atoms with E-state index in [1.54, 1.807) is 12.3 Å². The summed E-state index contributed by atoms with van der Waals surface area (Å²) in [7, 11) is 0. The second kappa shape index (κ2) is 8.35. The molecule has 0 saturated carbocycles. The average molecular weight is 375 g/mol. The summed E-state index contributed by atoms with van der Waals surface area (Å²) in [6.45, 7) is 2.89. The normalized spacial score (nSPS) is 16.8. The van der Waals surface area contributed by atoms with Gasteiger partial charge in [0.25, 0.3) is 5.91 Å². The fourth-order valence-electron chi connectivity index (χ4n) is 4.01. The zero-order chi connectivity index (χ0) is 19.3. The zero-order valence-electron chi connectivity index (χ0n) is 15.8. The van der Waals surface area contributed by atoms with Crippen molar-refractivity contribution in [2.45, 2.75) is 25.3 Å². The number of nitrogens with two attached hydrogens (primary N) is 1. The molecule has 3 N–H and O–H groups in total. The number of anilines is 1. The van der Waals surface area contributed by atoms with Crippen LogP contribution in [0, 0.1) is 0 Å². The quantitative estimate of drug-likeness (QED) is 0.692. The second-order valence-corrected chi connectivity index (χ2v) is 7.21. The largest absolute Gasteiger partial charge is 0.366 e. The highest BCUT2D eigenvalue weighted by molar-refractivity contribution is 6.08. The Kier molecular flexibility index (Phi) is 5.48. The van der Waals surface area contributed by atoms with Crippen LogP contribution in [0.4, 0.5) is 5.69 Å². The van der Waals surface area contributed by atoms with Crippen molar-refractivity contribution in [2.24, 2.45) is 5.73 Å². The van der Waals surface area contributed by atoms with Crippen LogP contribution in [0.5, 0.6) is 0 Å². The number of primary amides is 1. The van der Waals surface area contributed by atoms with Gasteiger partial charge in [-0.3, -0.25) is 4.79 Å². The first kappa shape index (κ1) is 18.4. The Bertz CT molecular complexity index is 954. The van der Waals surface area contributed by atoms with Gasteiger partial charge in [0.1, 0.15) is 6.33 Å². The van der Waals surface area contributed by atoms with Gasteiger partial charge in [-0.15, -0.1) is 0 Å². The van der Waals surface area contributed by atoms with E-state index >= 15 is 0 Å². The smallest absolute Gasteiger partial charge is 0.250 e. The maximum absolute atomic E-state index is 11.8. The Morgan fingerprint density at radius 2 is 2.07 bits per heavy atom. The molecule has 1 unspecified atom stereocenters. The van der Waals surface area contributed by atoms with Crippen LogP contribution >= 0.6 is 0 Å². The molecular formula is C22H25N5O. The minimum absolute atomic E-state index is 0.389. The van der Waals surface area contributed by atoms with Gasteiger partial charge in [-0.1, -0.05) is 30.3 Å². The first-order valence-electron chi connectivity index (χ1n) is 9.78. The average Bonchev–Trinajstić information content (AvgIpc) is 2.75. The number of nitrogens with one attached hydrogen (secondary N) is 1. The van der Waals surface area contributed by atoms with Crippen molar-refractivity contribution in [3.05, 3.63) is 66.1 Å². The van der Waals surface area contributed by atoms with Crippen LogP contribution in [0.2, 0.25) is 0 Å². The van der Waals surface area contributed by atoms with Crippen molar-refractivity contribution in [3.8, 4) is 0 Å². The van der Waals surface area contributed by atoms with Gasteiger partial charge in [0.05, 0.1) is 11.1 Å². The molecule has 0 aliphatic carbocycles. The molecular weight excluding hydrogens is 350 g/mol. The number of nitrogens with zero attached hydrogens (tertiary/aromatic N) is 3. The molecule has 0 spiro atoms. The van der Waals surface area contributed by atoms with E-state index < -0.39 is 5.91 Å². The van der Waals surface area contributed by atoms with Crippen molar-refractivity contribution >= 4 is 22.5 Å². The molecule has 1 saturated heterocycles. The van der Waals surface area contributed by atoms with Crippen LogP contribution in [0.25, 0.3) is 10.9 Å². The van der Waals surface area contributed by atoms with Crippen LogP contribution < -0.4 is 16.0 Å². The Morgan fingerprint density at radius 3 is 2.82 bits per heavy atom. The van der Waals surface area contributed by atoms with Gasteiger partial charge in [0.15, 0.2) is 0 Å². The van der Waals surface area contributed by atoms with E-state index in [-0.39, 0.29) is 0 Å². The van der Waals surface area contributed by atoms with Gasteiger partial charge in [-0.05, 0) is 43.5 Å². The Labute approximate surface area is 164 Å². The van der Waals surface area contributed by atoms with E-state index in [9.17, 15) is 4.79 Å². The molecule has 2 aromatic carbocycles. The Balaban J connectivity index is 1.73. The van der Waals surface area contributed by atoms with Crippen LogP contribution in [0.3, 0.4) is 0 Å². The molecule has 2 heterocycles. The maximum Gasteiger partial charge on any atom is 0.250 e. The SMILES string of the molecule is NC(=O)c1ccc(N(CCc2ccccc2)C2CCCNC2)c2cncnc12. The highest BCUT2D eigenvalue weighted by Crippen LogP contribution is 2.30. The predicted octanol–water partition coefficient (Wildman–Crippen LogP) is 2.53. The number of carbonyl (C=O) groups is 1. The molecule has 1 aliphatic rings. The summed E-state index contributed by atoms with van der Waals surface area (Å²) in [6, 6.07) is 14.7. The summed E-state index contributed by atoms with van der Waals surface area (Å²) in [5, 5.41) is 4.39. The lowest BCUT2D eigenvalue weighted by molar-refractivity contribution is 0.100. The molecule has 144 valence electrons. The fraction of sp³-hybridized carbons (Fsp3) is 0.318. The minimum atomic E-state index is -0.467. The van der Waals surface area contributed by atoms with Gasteiger partial charge in [-0.2, -0.15) is 0 Å². The molecule has 0 bridgehead atoms. The fourth-order valence-corrected chi connectivity index (χ4v) is 4.01. The summed E-state index contributed by atoms with van der Waals surface area (Å²) in [6.07, 6.45) is 6.49. The molecule has 0 radical (unpaired) electrons. The number of amides is 1. The molecule has 1 aliphatic heterocycles. The number of carbonyl (C=O) groups excluding carboxylic acids is 1. The van der Waals surface area contributed by atoms with Gasteiger partial charge in [0.2, 0.25) is 0 Å². The molecule has 28 heavy (non-hydrogen) atoms. The van der Waals surface area contributed by atoms with E-state index in [1.807, 2.05) is 12.1 Å². The third-order valence-corrected chi connectivity index (χ3v) is 5.42. The standard InChI is InChI=1S/C22H25N5O/c23-22(28)18-8-9-20(19-14-25-15-26-21(18)19)27(17-7-4-11-24-13-17)12-10-16-5-2-1-3-6-16/h1-3,5-6,8-9,14-15,17,24H,4,7,10-13H2,(H2,23,28). The van der Waals surface area contributed by atoms with E-state index in [2.05, 4.69) is 44.5 Å². The second-order valence-electron chi connectivity index (χ2n) is 7.21. The molecule has 1 aromatic heterocycles. The van der Waals surface area contributed by atoms with Crippen molar-refractivity contribution in [1.29, 1.82) is 0 Å². The number of aromatic nitrogens is 2. The molecule has 4 rings (SSSR count). The van der Waals surface area contributed by atoms with Crippen LogP contribution in [-0.4, -0.2) is 41.6 Å². The van der Waals surface area contributed by atoms with Crippen LogP contribution in [0.1, 0.15) is 28.8 Å². The first-order valence-corrected chi connectivity index (χ1v) is 9.78. The van der Waals surface area contributed by atoms with E-state index in [0.717, 1.165) is 50.0 Å². The summed E-state index contributed by atoms with van der Waals surface area (Å²) in [5.41, 5.74) is 8.99. The van der Waals surface area contributed by atoms with E-state index in [4.69, 9.17) is 5.73 Å². The van der Waals surface area contributed by atoms with Crippen LogP contribution in [-0.2, 0) is 6.42 Å². The monoisotopic (exact) mass is 375 g/mol. The molecule has 1 amide bonds. The number of hydrogen-bond donors (Lipinski definition) is 2. The zero-order valence-corrected chi connectivity index (χ0v) is 15.8. The molecule has 6 nitrogen and oxygen atoms in total. The summed E-state index contributed by atoms with van der Waals surface area (Å²) >= 11 is 0. The van der Waals surface area contributed by atoms with Crippen molar-refractivity contribution < 1.29 is 4.79 Å². The summed E-state index contributed by atoms with van der Waals surface area (Å²) in [4.78, 5) is 22.9. The Hall–Kier alpha value is -2.99. The lowest BCUT2D eigenvalue weighted by atomic mass is 10.0. The lowest BCUT2D eigenvalue weighted by Gasteiger charge is -2.37. The van der Waals surface area contributed by atoms with Crippen molar-refractivity contribution in [1.82, 2.24) is 15.3 Å². The van der Waals surface area contributed by atoms with Gasteiger partial charge >= 0.3 is 0 Å². The van der Waals surface area contributed by atoms with E-state index in [0.29, 0.717) is 17.1 Å². The summed E-state index contributed by atoms with van der Waals surface area (Å²) < 4.78 is 0. The van der Waals surface area contributed by atoms with Crippen LogP contribution in [0.15, 0.2) is 55.0 Å². The topological polar surface area (TPSA) is 84.1 Å². The number of hydrogen-bond acceptors (Lipinski definition) is 5. The van der Waals surface area contributed by atoms with Gasteiger partial charge in [0, 0.05) is 36.4 Å². The third kappa shape index (κ3) is 3.82. The van der Waals surface area contributed by atoms with Crippen molar-refractivity contribution in [2.75, 3.05) is 24.5 Å². The van der Waals surface area contributed by atoms with Gasteiger partial charge in [-0.25, -0.2) is 9.97 Å². The number of fused-ring (bicyclic) bond motifs is 1. The maximum atomic E-state index is 11.8. The molecule has 3 aromatic rings. The number of benzene rings is 2. The highest BCUT2D eigenvalue weighted by atomic mass is 16.1. The first-order chi connectivity index (χ1) is 13.7. The lowest BCUT2D eigenvalue weighted by Crippen LogP contribution is -2.47.